The Balaban J connectivity index is 1.60. The fourth-order valence-corrected chi connectivity index (χ4v) is 2.53. The molecular formula is C22H17F2N3O2. The van der Waals surface area contributed by atoms with Gasteiger partial charge in [-0.3, -0.25) is 4.79 Å². The van der Waals surface area contributed by atoms with Gasteiger partial charge in [0.25, 0.3) is 0 Å². The van der Waals surface area contributed by atoms with Crippen LogP contribution in [-0.2, 0) is 4.79 Å². The molecule has 7 heteroatoms. The molecule has 2 N–H and O–H groups in total. The number of ether oxygens (including phenoxy) is 1. The van der Waals surface area contributed by atoms with E-state index in [1.807, 2.05) is 0 Å². The van der Waals surface area contributed by atoms with Crippen molar-refractivity contribution in [2.75, 3.05) is 10.6 Å². The first-order valence-corrected chi connectivity index (χ1v) is 8.76. The summed E-state index contributed by atoms with van der Waals surface area (Å²) in [6.45, 7) is 1.64. The Hall–Kier alpha value is -3.92. The Bertz CT molecular complexity index is 1060. The van der Waals surface area contributed by atoms with Crippen molar-refractivity contribution in [1.82, 2.24) is 0 Å². The van der Waals surface area contributed by atoms with E-state index < -0.39 is 23.6 Å². The maximum atomic E-state index is 13.2. The zero-order chi connectivity index (χ0) is 20.8. The summed E-state index contributed by atoms with van der Waals surface area (Å²) in [5.74, 6) is -1.42. The molecule has 1 unspecified atom stereocenters. The summed E-state index contributed by atoms with van der Waals surface area (Å²) in [6, 6.07) is 18.4. The average molecular weight is 393 g/mol. The molecule has 0 saturated carbocycles. The lowest BCUT2D eigenvalue weighted by Gasteiger charge is -2.16. The van der Waals surface area contributed by atoms with E-state index in [0.29, 0.717) is 22.7 Å². The molecular weight excluding hydrogens is 376 g/mol. The second-order valence-electron chi connectivity index (χ2n) is 6.22. The van der Waals surface area contributed by atoms with E-state index in [2.05, 4.69) is 16.7 Å². The molecule has 0 bridgehead atoms. The maximum Gasteiger partial charge on any atom is 0.246 e. The van der Waals surface area contributed by atoms with Gasteiger partial charge in [0, 0.05) is 17.4 Å². The molecule has 3 rings (SSSR count). The Morgan fingerprint density at radius 2 is 1.69 bits per heavy atom. The predicted molar refractivity (Wildman–Crippen MR) is 106 cm³/mol. The molecule has 0 aliphatic carbocycles. The van der Waals surface area contributed by atoms with Gasteiger partial charge in [0.15, 0.2) is 11.6 Å². The first-order valence-electron chi connectivity index (χ1n) is 8.76. The van der Waals surface area contributed by atoms with E-state index in [9.17, 15) is 13.6 Å². The highest BCUT2D eigenvalue weighted by molar-refractivity contribution is 5.96. The third kappa shape index (κ3) is 5.08. The summed E-state index contributed by atoms with van der Waals surface area (Å²) in [4.78, 5) is 12.2. The van der Waals surface area contributed by atoms with E-state index in [1.165, 1.54) is 6.07 Å². The molecule has 0 heterocycles. The fourth-order valence-electron chi connectivity index (χ4n) is 2.53. The van der Waals surface area contributed by atoms with Crippen LogP contribution < -0.4 is 15.4 Å². The van der Waals surface area contributed by atoms with Crippen molar-refractivity contribution in [1.29, 1.82) is 5.26 Å². The van der Waals surface area contributed by atoms with Crippen LogP contribution in [0.3, 0.4) is 0 Å². The van der Waals surface area contributed by atoms with E-state index in [-0.39, 0.29) is 5.69 Å². The quantitative estimate of drug-likeness (QED) is 0.613. The van der Waals surface area contributed by atoms with Crippen molar-refractivity contribution in [3.63, 3.8) is 0 Å². The Morgan fingerprint density at radius 3 is 2.38 bits per heavy atom. The van der Waals surface area contributed by atoms with Crippen molar-refractivity contribution in [3.05, 3.63) is 83.9 Å². The Morgan fingerprint density at radius 1 is 1.00 bits per heavy atom. The van der Waals surface area contributed by atoms with Crippen molar-refractivity contribution in [3.8, 4) is 17.6 Å². The molecule has 1 amide bonds. The van der Waals surface area contributed by atoms with Crippen LogP contribution in [0.4, 0.5) is 20.2 Å². The second-order valence-corrected chi connectivity index (χ2v) is 6.22. The average Bonchev–Trinajstić information content (AvgIpc) is 2.72. The number of halogens is 2. The topological polar surface area (TPSA) is 74.1 Å². The molecule has 0 saturated heterocycles. The lowest BCUT2D eigenvalue weighted by Crippen LogP contribution is -2.31. The highest BCUT2D eigenvalue weighted by atomic mass is 19.2. The standard InChI is InChI=1S/C22H17F2N3O2/c1-14(22(28)27-17-8-11-19(23)20(24)12-17)26-16-6-9-18(10-7-16)29-21-5-3-2-4-15(21)13-25/h2-12,14,26H,1H3,(H,27,28). The number of anilines is 2. The summed E-state index contributed by atoms with van der Waals surface area (Å²) in [5.41, 5.74) is 1.26. The summed E-state index contributed by atoms with van der Waals surface area (Å²) >= 11 is 0. The van der Waals surface area contributed by atoms with Gasteiger partial charge in [-0.1, -0.05) is 12.1 Å². The van der Waals surface area contributed by atoms with Gasteiger partial charge < -0.3 is 15.4 Å². The Labute approximate surface area is 166 Å². The Kier molecular flexibility index (Phi) is 6.05. The van der Waals surface area contributed by atoms with Crippen LogP contribution >= 0.6 is 0 Å². The number of benzene rings is 3. The monoisotopic (exact) mass is 393 g/mol. The molecule has 0 radical (unpaired) electrons. The van der Waals surface area contributed by atoms with Crippen LogP contribution in [-0.4, -0.2) is 11.9 Å². The van der Waals surface area contributed by atoms with Gasteiger partial charge >= 0.3 is 0 Å². The van der Waals surface area contributed by atoms with Crippen LogP contribution in [0.2, 0.25) is 0 Å². The van der Waals surface area contributed by atoms with Crippen LogP contribution in [0.5, 0.6) is 11.5 Å². The number of nitriles is 1. The number of nitrogens with one attached hydrogen (secondary N) is 2. The third-order valence-electron chi connectivity index (χ3n) is 4.05. The van der Waals surface area contributed by atoms with Crippen molar-refractivity contribution in [2.24, 2.45) is 0 Å². The smallest absolute Gasteiger partial charge is 0.246 e. The molecule has 3 aromatic rings. The lowest BCUT2D eigenvalue weighted by molar-refractivity contribution is -0.116. The molecule has 146 valence electrons. The second kappa shape index (κ2) is 8.85. The molecule has 5 nitrogen and oxygen atoms in total. The molecule has 1 atom stereocenters. The first-order chi connectivity index (χ1) is 14.0. The maximum absolute atomic E-state index is 13.2. The molecule has 0 aliphatic rings. The van der Waals surface area contributed by atoms with Gasteiger partial charge in [0.1, 0.15) is 23.6 Å². The SMILES string of the molecule is CC(Nc1ccc(Oc2ccccc2C#N)cc1)C(=O)Nc1ccc(F)c(F)c1. The van der Waals surface area contributed by atoms with Crippen LogP contribution in [0.1, 0.15) is 12.5 Å². The normalized spacial score (nSPS) is 11.2. The highest BCUT2D eigenvalue weighted by Gasteiger charge is 2.14. The summed E-state index contributed by atoms with van der Waals surface area (Å²) in [7, 11) is 0. The minimum atomic E-state index is -1.03. The van der Waals surface area contributed by atoms with Crippen LogP contribution in [0.15, 0.2) is 66.7 Å². The first kappa shape index (κ1) is 19.8. The zero-order valence-corrected chi connectivity index (χ0v) is 15.4. The highest BCUT2D eigenvalue weighted by Crippen LogP contribution is 2.26. The summed E-state index contributed by atoms with van der Waals surface area (Å²) < 4.78 is 31.9. The molecule has 29 heavy (non-hydrogen) atoms. The number of hydrogen-bond donors (Lipinski definition) is 2. The molecule has 0 spiro atoms. The van der Waals surface area contributed by atoms with Gasteiger partial charge in [-0.2, -0.15) is 5.26 Å². The van der Waals surface area contributed by atoms with Gasteiger partial charge in [0.05, 0.1) is 5.56 Å². The number of hydrogen-bond acceptors (Lipinski definition) is 4. The number of para-hydroxylation sites is 1. The lowest BCUT2D eigenvalue weighted by atomic mass is 10.2. The summed E-state index contributed by atoms with van der Waals surface area (Å²) in [6.07, 6.45) is 0. The number of nitrogens with zero attached hydrogens (tertiary/aromatic N) is 1. The molecule has 0 fully saturated rings. The zero-order valence-electron chi connectivity index (χ0n) is 15.4. The number of amides is 1. The fraction of sp³-hybridized carbons (Fsp3) is 0.0909. The van der Waals surface area contributed by atoms with Gasteiger partial charge in [0.2, 0.25) is 5.91 Å². The predicted octanol–water partition coefficient (Wildman–Crippen LogP) is 5.07. The molecule has 0 aliphatic heterocycles. The minimum Gasteiger partial charge on any atom is -0.456 e. The van der Waals surface area contributed by atoms with E-state index in [0.717, 1.165) is 12.1 Å². The van der Waals surface area contributed by atoms with Crippen molar-refractivity contribution in [2.45, 2.75) is 13.0 Å². The minimum absolute atomic E-state index is 0.169. The van der Waals surface area contributed by atoms with Crippen molar-refractivity contribution < 1.29 is 18.3 Å². The number of rotatable bonds is 6. The van der Waals surface area contributed by atoms with E-state index >= 15 is 0 Å². The summed E-state index contributed by atoms with van der Waals surface area (Å²) in [5, 5.41) is 14.6. The van der Waals surface area contributed by atoms with Gasteiger partial charge in [-0.15, -0.1) is 0 Å². The van der Waals surface area contributed by atoms with Gasteiger partial charge in [-0.25, -0.2) is 8.78 Å². The largest absolute Gasteiger partial charge is 0.456 e. The molecule has 3 aromatic carbocycles. The van der Waals surface area contributed by atoms with Gasteiger partial charge in [-0.05, 0) is 55.5 Å². The van der Waals surface area contributed by atoms with E-state index in [4.69, 9.17) is 10.00 Å². The number of carbonyl (C=O) groups is 1. The molecule has 0 aromatic heterocycles. The third-order valence-corrected chi connectivity index (χ3v) is 4.05. The van der Waals surface area contributed by atoms with E-state index in [1.54, 1.807) is 55.5 Å². The number of carbonyl (C=O) groups excluding carboxylic acids is 1. The van der Waals surface area contributed by atoms with Crippen LogP contribution in [0, 0.1) is 23.0 Å². The van der Waals surface area contributed by atoms with Crippen LogP contribution in [0.25, 0.3) is 0 Å². The van der Waals surface area contributed by atoms with Crippen molar-refractivity contribution >= 4 is 17.3 Å².